The zero-order valence-electron chi connectivity index (χ0n) is 15.6. The van der Waals surface area contributed by atoms with Gasteiger partial charge in [-0.05, 0) is 55.7 Å². The summed E-state index contributed by atoms with van der Waals surface area (Å²) in [6.45, 7) is 3.86. The second-order valence-corrected chi connectivity index (χ2v) is 8.16. The molecule has 0 spiro atoms. The van der Waals surface area contributed by atoms with Crippen molar-refractivity contribution >= 4 is 32.7 Å². The lowest BCUT2D eigenvalue weighted by atomic mass is 10.1. The molecule has 0 atom stereocenters. The van der Waals surface area contributed by atoms with Gasteiger partial charge >= 0.3 is 5.76 Å². The average molecular weight is 403 g/mol. The molecule has 3 N–H and O–H groups in total. The molecule has 9 heteroatoms. The van der Waals surface area contributed by atoms with Gasteiger partial charge in [-0.3, -0.25) is 9.36 Å². The molecule has 1 heterocycles. The fraction of sp³-hybridized carbons (Fsp3) is 0.263. The first kappa shape index (κ1) is 19.8. The number of aromatic nitrogens is 1. The number of primary sulfonamides is 1. The van der Waals surface area contributed by atoms with Crippen LogP contribution in [0.4, 0.5) is 5.69 Å². The molecule has 28 heavy (non-hydrogen) atoms. The van der Waals surface area contributed by atoms with Gasteiger partial charge in [-0.2, -0.15) is 0 Å². The standard InChI is InChI=1S/C19H21N3O5S/c1-12-10-14(28(20,25)26)11-15(13(12)2)21-18(23)8-5-9-22-16-6-3-4-7-17(16)27-19(22)24/h3-4,6-7,10-11H,5,8-9H2,1-2H3,(H,21,23)(H2,20,25,26). The van der Waals surface area contributed by atoms with Crippen LogP contribution in [0.15, 0.2) is 50.5 Å². The summed E-state index contributed by atoms with van der Waals surface area (Å²) in [5.41, 5.74) is 3.05. The number of amides is 1. The number of hydrogen-bond donors (Lipinski definition) is 2. The maximum atomic E-state index is 12.3. The maximum absolute atomic E-state index is 12.3. The van der Waals surface area contributed by atoms with E-state index in [1.54, 1.807) is 32.0 Å². The molecule has 1 amide bonds. The number of sulfonamides is 1. The van der Waals surface area contributed by atoms with Crippen molar-refractivity contribution in [3.63, 3.8) is 0 Å². The van der Waals surface area contributed by atoms with Crippen molar-refractivity contribution in [1.29, 1.82) is 0 Å². The first-order valence-electron chi connectivity index (χ1n) is 8.69. The van der Waals surface area contributed by atoms with Gasteiger partial charge in [-0.15, -0.1) is 0 Å². The molecule has 0 saturated carbocycles. The first-order chi connectivity index (χ1) is 13.2. The summed E-state index contributed by atoms with van der Waals surface area (Å²) in [6.07, 6.45) is 0.576. The fourth-order valence-corrected chi connectivity index (χ4v) is 3.58. The van der Waals surface area contributed by atoms with Gasteiger partial charge in [0.25, 0.3) is 0 Å². The number of rotatable bonds is 6. The summed E-state index contributed by atoms with van der Waals surface area (Å²) in [5.74, 6) is -0.746. The molecule has 0 aliphatic rings. The van der Waals surface area contributed by atoms with E-state index < -0.39 is 15.8 Å². The minimum Gasteiger partial charge on any atom is -0.408 e. The van der Waals surface area contributed by atoms with Crippen LogP contribution in [0.1, 0.15) is 24.0 Å². The van der Waals surface area contributed by atoms with Crippen LogP contribution in [0, 0.1) is 13.8 Å². The highest BCUT2D eigenvalue weighted by atomic mass is 32.2. The summed E-state index contributed by atoms with van der Waals surface area (Å²) in [7, 11) is -3.87. The van der Waals surface area contributed by atoms with Crippen molar-refractivity contribution in [1.82, 2.24) is 4.57 Å². The predicted octanol–water partition coefficient (Wildman–Crippen LogP) is 2.28. The van der Waals surface area contributed by atoms with E-state index in [1.165, 1.54) is 16.7 Å². The van der Waals surface area contributed by atoms with Gasteiger partial charge in [0.2, 0.25) is 15.9 Å². The SMILES string of the molecule is Cc1cc(S(N)(=O)=O)cc(NC(=O)CCCn2c(=O)oc3ccccc32)c1C. The lowest BCUT2D eigenvalue weighted by molar-refractivity contribution is -0.116. The van der Waals surface area contributed by atoms with E-state index >= 15 is 0 Å². The number of hydrogen-bond acceptors (Lipinski definition) is 5. The zero-order valence-corrected chi connectivity index (χ0v) is 16.4. The van der Waals surface area contributed by atoms with Crippen molar-refractivity contribution in [3.8, 4) is 0 Å². The Morgan fingerprint density at radius 2 is 1.93 bits per heavy atom. The minimum atomic E-state index is -3.87. The summed E-state index contributed by atoms with van der Waals surface area (Å²) in [4.78, 5) is 24.2. The topological polar surface area (TPSA) is 124 Å². The number of nitrogens with zero attached hydrogens (tertiary/aromatic N) is 1. The molecular formula is C19H21N3O5S. The third kappa shape index (κ3) is 4.15. The molecule has 0 aliphatic heterocycles. The largest absolute Gasteiger partial charge is 0.419 e. The van der Waals surface area contributed by atoms with Gasteiger partial charge in [0, 0.05) is 18.7 Å². The Kier molecular flexibility index (Phi) is 5.39. The second-order valence-electron chi connectivity index (χ2n) is 6.60. The van der Waals surface area contributed by atoms with E-state index in [1.807, 2.05) is 6.07 Å². The third-order valence-electron chi connectivity index (χ3n) is 4.60. The summed E-state index contributed by atoms with van der Waals surface area (Å²) in [6, 6.07) is 9.91. The minimum absolute atomic E-state index is 0.0534. The fourth-order valence-electron chi connectivity index (χ4n) is 2.96. The van der Waals surface area contributed by atoms with Crippen LogP contribution in [0.5, 0.6) is 0 Å². The monoisotopic (exact) mass is 403 g/mol. The van der Waals surface area contributed by atoms with Crippen LogP contribution in [-0.2, 0) is 21.4 Å². The summed E-state index contributed by atoms with van der Waals surface area (Å²) < 4.78 is 29.9. The van der Waals surface area contributed by atoms with Crippen molar-refractivity contribution in [2.45, 2.75) is 38.1 Å². The number of carbonyl (C=O) groups excluding carboxylic acids is 1. The number of para-hydroxylation sites is 2. The Hall–Kier alpha value is -2.91. The van der Waals surface area contributed by atoms with E-state index in [2.05, 4.69) is 5.32 Å². The van der Waals surface area contributed by atoms with Crippen molar-refractivity contribution in [2.24, 2.45) is 5.14 Å². The average Bonchev–Trinajstić information content (AvgIpc) is 2.93. The molecular weight excluding hydrogens is 382 g/mol. The van der Waals surface area contributed by atoms with Crippen LogP contribution in [-0.4, -0.2) is 18.9 Å². The van der Waals surface area contributed by atoms with Gasteiger partial charge in [0.05, 0.1) is 10.4 Å². The predicted molar refractivity (Wildman–Crippen MR) is 106 cm³/mol. The number of fused-ring (bicyclic) bond motifs is 1. The van der Waals surface area contributed by atoms with Crippen LogP contribution < -0.4 is 16.2 Å². The van der Waals surface area contributed by atoms with Crippen LogP contribution in [0.25, 0.3) is 11.1 Å². The van der Waals surface area contributed by atoms with Crippen LogP contribution in [0.2, 0.25) is 0 Å². The quantitative estimate of drug-likeness (QED) is 0.653. The number of benzene rings is 2. The Bertz CT molecular complexity index is 1210. The molecule has 0 fully saturated rings. The molecule has 1 aromatic heterocycles. The summed E-state index contributed by atoms with van der Waals surface area (Å²) in [5, 5.41) is 7.91. The Morgan fingerprint density at radius 3 is 2.64 bits per heavy atom. The lowest BCUT2D eigenvalue weighted by Crippen LogP contribution is -2.18. The molecule has 3 rings (SSSR count). The Balaban J connectivity index is 1.69. The van der Waals surface area contributed by atoms with Crippen molar-refractivity contribution in [3.05, 3.63) is 58.1 Å². The molecule has 8 nitrogen and oxygen atoms in total. The number of nitrogens with one attached hydrogen (secondary N) is 1. The molecule has 0 unspecified atom stereocenters. The summed E-state index contributed by atoms with van der Waals surface area (Å²) >= 11 is 0. The lowest BCUT2D eigenvalue weighted by Gasteiger charge is -2.13. The third-order valence-corrected chi connectivity index (χ3v) is 5.50. The van der Waals surface area contributed by atoms with Gasteiger partial charge in [0.15, 0.2) is 5.58 Å². The van der Waals surface area contributed by atoms with Crippen molar-refractivity contribution < 1.29 is 17.6 Å². The molecule has 0 radical (unpaired) electrons. The molecule has 0 saturated heterocycles. The van der Waals surface area contributed by atoms with E-state index in [0.29, 0.717) is 35.3 Å². The number of nitrogens with two attached hydrogens (primary N) is 1. The second kappa shape index (κ2) is 7.61. The number of oxazole rings is 1. The number of anilines is 1. The van der Waals surface area contributed by atoms with E-state index in [4.69, 9.17) is 9.56 Å². The highest BCUT2D eigenvalue weighted by Crippen LogP contribution is 2.24. The van der Waals surface area contributed by atoms with Crippen molar-refractivity contribution in [2.75, 3.05) is 5.32 Å². The van der Waals surface area contributed by atoms with Gasteiger partial charge in [-0.1, -0.05) is 12.1 Å². The molecule has 148 valence electrons. The van der Waals surface area contributed by atoms with Crippen LogP contribution in [0.3, 0.4) is 0 Å². The van der Waals surface area contributed by atoms with Gasteiger partial charge in [-0.25, -0.2) is 18.4 Å². The zero-order chi connectivity index (χ0) is 20.5. The molecule has 0 aliphatic carbocycles. The van der Waals surface area contributed by atoms with Crippen LogP contribution >= 0.6 is 0 Å². The first-order valence-corrected chi connectivity index (χ1v) is 10.2. The van der Waals surface area contributed by atoms with Gasteiger partial charge in [0.1, 0.15) is 0 Å². The maximum Gasteiger partial charge on any atom is 0.419 e. The molecule has 0 bridgehead atoms. The highest BCUT2D eigenvalue weighted by molar-refractivity contribution is 7.89. The van der Waals surface area contributed by atoms with E-state index in [0.717, 1.165) is 5.56 Å². The smallest absolute Gasteiger partial charge is 0.408 e. The van der Waals surface area contributed by atoms with E-state index in [-0.39, 0.29) is 17.2 Å². The molecule has 2 aromatic carbocycles. The highest BCUT2D eigenvalue weighted by Gasteiger charge is 2.15. The molecule has 3 aromatic rings. The van der Waals surface area contributed by atoms with Gasteiger partial charge < -0.3 is 9.73 Å². The number of carbonyl (C=O) groups is 1. The Labute approximate surface area is 162 Å². The normalized spacial score (nSPS) is 11.7. The number of aryl methyl sites for hydroxylation is 2. The Morgan fingerprint density at radius 1 is 1.21 bits per heavy atom. The van der Waals surface area contributed by atoms with E-state index in [9.17, 15) is 18.0 Å².